The number of carbonyl (C=O) groups is 2. The number of benzene rings is 1. The minimum Gasteiger partial charge on any atom is -0.492 e. The molecule has 0 aliphatic carbocycles. The van der Waals surface area contributed by atoms with Crippen LogP contribution in [0.4, 0.5) is 11.5 Å². The number of carbonyl (C=O) groups excluding carboxylic acids is 2. The van der Waals surface area contributed by atoms with Gasteiger partial charge >= 0.3 is 11.8 Å². The molecule has 9 nitrogen and oxygen atoms in total. The molecule has 1 aromatic carbocycles. The van der Waals surface area contributed by atoms with Gasteiger partial charge in [-0.2, -0.15) is 0 Å². The average molecular weight is 484 g/mol. The van der Waals surface area contributed by atoms with Gasteiger partial charge < -0.3 is 30.3 Å². The first-order valence-electron chi connectivity index (χ1n) is 12.0. The van der Waals surface area contributed by atoms with Gasteiger partial charge in [0.05, 0.1) is 24.0 Å². The summed E-state index contributed by atoms with van der Waals surface area (Å²) in [6, 6.07) is 9.15. The van der Waals surface area contributed by atoms with Crippen molar-refractivity contribution in [2.24, 2.45) is 5.92 Å². The number of rotatable bonds is 8. The average Bonchev–Trinajstić information content (AvgIpc) is 2.84. The Morgan fingerprint density at radius 3 is 2.74 bits per heavy atom. The molecule has 2 aromatic rings. The molecule has 0 spiro atoms. The summed E-state index contributed by atoms with van der Waals surface area (Å²) in [7, 11) is 5.67. The number of hydrogen-bond acceptors (Lipinski definition) is 7. The molecule has 0 saturated carbocycles. The van der Waals surface area contributed by atoms with E-state index in [1.54, 1.807) is 18.1 Å². The van der Waals surface area contributed by atoms with Crippen molar-refractivity contribution in [1.29, 1.82) is 0 Å². The summed E-state index contributed by atoms with van der Waals surface area (Å²) in [6.07, 6.45) is 2.69. The molecule has 0 bridgehead atoms. The van der Waals surface area contributed by atoms with E-state index in [1.807, 2.05) is 52.2 Å². The third-order valence-corrected chi connectivity index (χ3v) is 6.40. The lowest BCUT2D eigenvalue weighted by Crippen LogP contribution is -2.50. The van der Waals surface area contributed by atoms with E-state index in [1.165, 1.54) is 6.20 Å². The highest BCUT2D eigenvalue weighted by atomic mass is 16.5. The zero-order valence-corrected chi connectivity index (χ0v) is 21.3. The molecule has 3 N–H and O–H groups in total. The molecule has 2 amide bonds. The number of pyridine rings is 1. The maximum atomic E-state index is 13.4. The van der Waals surface area contributed by atoms with Crippen LogP contribution in [0.5, 0.6) is 5.75 Å². The fourth-order valence-corrected chi connectivity index (χ4v) is 4.35. The molecule has 3 atom stereocenters. The number of piperidine rings is 1. The van der Waals surface area contributed by atoms with Gasteiger partial charge in [0, 0.05) is 26.1 Å². The number of hydrogen-bond donors (Lipinski definition) is 2. The zero-order chi connectivity index (χ0) is 25.5. The van der Waals surface area contributed by atoms with E-state index >= 15 is 0 Å². The van der Waals surface area contributed by atoms with Crippen LogP contribution in [-0.2, 0) is 20.7 Å². The first-order valence-corrected chi connectivity index (χ1v) is 12.0. The van der Waals surface area contributed by atoms with Crippen LogP contribution >= 0.6 is 0 Å². The van der Waals surface area contributed by atoms with E-state index in [2.05, 4.69) is 15.2 Å². The minimum atomic E-state index is -0.704. The lowest BCUT2D eigenvalue weighted by molar-refractivity contribution is -0.149. The summed E-state index contributed by atoms with van der Waals surface area (Å²) in [4.78, 5) is 34.2. The van der Waals surface area contributed by atoms with E-state index in [-0.39, 0.29) is 18.1 Å². The maximum absolute atomic E-state index is 13.4. The van der Waals surface area contributed by atoms with E-state index in [9.17, 15) is 9.59 Å². The molecule has 0 radical (unpaired) electrons. The van der Waals surface area contributed by atoms with Gasteiger partial charge in [0.1, 0.15) is 18.2 Å². The largest absolute Gasteiger partial charge is 0.492 e. The van der Waals surface area contributed by atoms with Crippen LogP contribution in [-0.4, -0.2) is 73.6 Å². The number of nitrogens with one attached hydrogen (secondary N) is 1. The Morgan fingerprint density at radius 1 is 1.29 bits per heavy atom. The lowest BCUT2D eigenvalue weighted by Gasteiger charge is -2.42. The van der Waals surface area contributed by atoms with E-state index in [0.717, 1.165) is 23.4 Å². The summed E-state index contributed by atoms with van der Waals surface area (Å²) < 4.78 is 11.6. The van der Waals surface area contributed by atoms with Crippen molar-refractivity contribution in [2.45, 2.75) is 38.8 Å². The Balaban J connectivity index is 1.81. The summed E-state index contributed by atoms with van der Waals surface area (Å²) in [5.74, 6) is -0.0680. The maximum Gasteiger partial charge on any atom is 0.313 e. The second-order valence-electron chi connectivity index (χ2n) is 9.26. The van der Waals surface area contributed by atoms with Gasteiger partial charge in [0.15, 0.2) is 0 Å². The fourth-order valence-electron chi connectivity index (χ4n) is 4.35. The Bertz CT molecular complexity index is 1030. The van der Waals surface area contributed by atoms with E-state index in [4.69, 9.17) is 15.2 Å². The van der Waals surface area contributed by atoms with Gasteiger partial charge in [0.2, 0.25) is 0 Å². The van der Waals surface area contributed by atoms with Crippen molar-refractivity contribution in [3.8, 4) is 5.75 Å². The molecule has 1 aliphatic rings. The number of aryl methyl sites for hydroxylation is 1. The topological polar surface area (TPSA) is 110 Å². The van der Waals surface area contributed by atoms with Gasteiger partial charge in [-0.15, -0.1) is 0 Å². The highest BCUT2D eigenvalue weighted by Crippen LogP contribution is 2.36. The Morgan fingerprint density at radius 2 is 2.06 bits per heavy atom. The van der Waals surface area contributed by atoms with Crippen molar-refractivity contribution in [1.82, 2.24) is 14.8 Å². The first-order chi connectivity index (χ1) is 16.7. The van der Waals surface area contributed by atoms with Gasteiger partial charge in [-0.3, -0.25) is 9.59 Å². The number of aromatic nitrogens is 1. The highest BCUT2D eigenvalue weighted by molar-refractivity contribution is 6.39. The first kappa shape index (κ1) is 26.4. The SMILES string of the molecule is CCc1cc(NC(=O)C(=O)N2C[C@@H](C)[C@@H](OC)C[C@@H]2c2cccc(OCCN(C)C)c2)cnc1N. The second kappa shape index (κ2) is 12.0. The number of nitrogen functional groups attached to an aromatic ring is 1. The highest BCUT2D eigenvalue weighted by Gasteiger charge is 2.39. The molecule has 9 heteroatoms. The predicted octanol–water partition coefficient (Wildman–Crippen LogP) is 2.73. The molecule has 2 heterocycles. The fraction of sp³-hybridized carbons (Fsp3) is 0.500. The number of methoxy groups -OCH3 is 1. The van der Waals surface area contributed by atoms with Crippen LogP contribution in [0.15, 0.2) is 36.5 Å². The molecule has 0 unspecified atom stereocenters. The Labute approximate surface area is 207 Å². The number of ether oxygens (including phenoxy) is 2. The summed E-state index contributed by atoms with van der Waals surface area (Å²) >= 11 is 0. The Kier molecular flexibility index (Phi) is 9.06. The second-order valence-corrected chi connectivity index (χ2v) is 9.26. The summed E-state index contributed by atoms with van der Waals surface area (Å²) in [5.41, 5.74) is 8.03. The van der Waals surface area contributed by atoms with E-state index in [0.29, 0.717) is 37.5 Å². The molecule has 1 fully saturated rings. The smallest absolute Gasteiger partial charge is 0.313 e. The summed E-state index contributed by atoms with van der Waals surface area (Å²) in [6.45, 7) is 5.73. The Hall–Kier alpha value is -3.17. The standard InChI is InChI=1S/C26H37N5O4/c1-6-18-12-20(15-28-24(18)27)29-25(32)26(33)31-16-17(2)23(34-5)14-22(31)19-8-7-9-21(13-19)35-11-10-30(3)4/h7-9,12-13,15,17,22-23H,6,10-11,14,16H2,1-5H3,(H2,27,28)(H,29,32)/t17-,22-,23+/m1/s1. The number of likely N-dealkylation sites (N-methyl/N-ethyl adjacent to an activating group) is 1. The van der Waals surface area contributed by atoms with Crippen LogP contribution in [0, 0.1) is 5.92 Å². The van der Waals surface area contributed by atoms with Gasteiger partial charge in [-0.05, 0) is 56.3 Å². The quantitative estimate of drug-likeness (QED) is 0.556. The molecule has 35 heavy (non-hydrogen) atoms. The molecule has 1 saturated heterocycles. The van der Waals surface area contributed by atoms with Crippen molar-refractivity contribution >= 4 is 23.3 Å². The lowest BCUT2D eigenvalue weighted by atomic mass is 9.87. The molecular weight excluding hydrogens is 446 g/mol. The normalized spacial score (nSPS) is 20.1. The molecule has 190 valence electrons. The van der Waals surface area contributed by atoms with Crippen LogP contribution in [0.1, 0.15) is 37.4 Å². The number of amides is 2. The van der Waals surface area contributed by atoms with Crippen molar-refractivity contribution < 1.29 is 19.1 Å². The minimum absolute atomic E-state index is 0.0289. The number of nitrogens with two attached hydrogens (primary N) is 1. The number of nitrogens with zero attached hydrogens (tertiary/aromatic N) is 3. The van der Waals surface area contributed by atoms with Gasteiger partial charge in [0.25, 0.3) is 0 Å². The molecular formula is C26H37N5O4. The van der Waals surface area contributed by atoms with Crippen LogP contribution < -0.4 is 15.8 Å². The molecule has 3 rings (SSSR count). The molecule has 1 aliphatic heterocycles. The number of likely N-dealkylation sites (tertiary alicyclic amines) is 1. The van der Waals surface area contributed by atoms with Gasteiger partial charge in [-0.1, -0.05) is 26.0 Å². The third-order valence-electron chi connectivity index (χ3n) is 6.40. The van der Waals surface area contributed by atoms with Crippen molar-refractivity contribution in [3.05, 3.63) is 47.7 Å². The zero-order valence-electron chi connectivity index (χ0n) is 21.3. The van der Waals surface area contributed by atoms with Crippen molar-refractivity contribution in [2.75, 3.05) is 52.0 Å². The van der Waals surface area contributed by atoms with Crippen molar-refractivity contribution in [3.63, 3.8) is 0 Å². The summed E-state index contributed by atoms with van der Waals surface area (Å²) in [5, 5.41) is 2.69. The molecule has 1 aromatic heterocycles. The van der Waals surface area contributed by atoms with Crippen LogP contribution in [0.25, 0.3) is 0 Å². The third kappa shape index (κ3) is 6.70. The van der Waals surface area contributed by atoms with Crippen LogP contribution in [0.3, 0.4) is 0 Å². The van der Waals surface area contributed by atoms with Gasteiger partial charge in [-0.25, -0.2) is 4.98 Å². The number of anilines is 2. The predicted molar refractivity (Wildman–Crippen MR) is 136 cm³/mol. The van der Waals surface area contributed by atoms with Crippen LogP contribution in [0.2, 0.25) is 0 Å². The monoisotopic (exact) mass is 483 g/mol. The van der Waals surface area contributed by atoms with E-state index < -0.39 is 11.8 Å².